The van der Waals surface area contributed by atoms with Crippen molar-refractivity contribution in [3.63, 3.8) is 0 Å². The molecule has 106 valence electrons. The van der Waals surface area contributed by atoms with E-state index in [2.05, 4.69) is 24.5 Å². The fourth-order valence-electron chi connectivity index (χ4n) is 1.42. The van der Waals surface area contributed by atoms with E-state index in [9.17, 15) is 9.59 Å². The fraction of sp³-hybridized carbons (Fsp3) is 0.833. The second-order valence-corrected chi connectivity index (χ2v) is 4.84. The lowest BCUT2D eigenvalue weighted by atomic mass is 10.0. The minimum Gasteiger partial charge on any atom is -0.480 e. The van der Waals surface area contributed by atoms with Crippen LogP contribution in [0.25, 0.3) is 0 Å². The van der Waals surface area contributed by atoms with Gasteiger partial charge in [0.05, 0.1) is 6.61 Å². The van der Waals surface area contributed by atoms with Gasteiger partial charge in [0.2, 0.25) is 0 Å². The highest BCUT2D eigenvalue weighted by Crippen LogP contribution is 2.06. The Labute approximate surface area is 108 Å². The van der Waals surface area contributed by atoms with Crippen LogP contribution in [0.3, 0.4) is 0 Å². The number of hydrogen-bond acceptors (Lipinski definition) is 3. The number of amides is 2. The van der Waals surface area contributed by atoms with E-state index in [0.717, 1.165) is 12.8 Å². The van der Waals surface area contributed by atoms with Gasteiger partial charge in [-0.2, -0.15) is 0 Å². The first-order chi connectivity index (χ1) is 8.36. The number of carboxylic acid groups (broad SMARTS) is 1. The molecule has 0 rings (SSSR count). The lowest BCUT2D eigenvalue weighted by molar-refractivity contribution is -0.140. The third-order valence-electron chi connectivity index (χ3n) is 2.49. The molecule has 18 heavy (non-hydrogen) atoms. The molecule has 2 unspecified atom stereocenters. The predicted octanol–water partition coefficient (Wildman–Crippen LogP) is 1.21. The number of aliphatic carboxylic acids is 1. The Kier molecular flexibility index (Phi) is 8.11. The number of carboxylic acids is 1. The van der Waals surface area contributed by atoms with Crippen molar-refractivity contribution in [2.45, 2.75) is 45.7 Å². The van der Waals surface area contributed by atoms with Gasteiger partial charge in [0, 0.05) is 13.2 Å². The first-order valence-corrected chi connectivity index (χ1v) is 6.15. The molecule has 2 atom stereocenters. The first kappa shape index (κ1) is 16.7. The van der Waals surface area contributed by atoms with Gasteiger partial charge in [-0.05, 0) is 25.7 Å². The van der Waals surface area contributed by atoms with E-state index < -0.39 is 18.0 Å². The summed E-state index contributed by atoms with van der Waals surface area (Å²) in [5.74, 6) is -0.528. The van der Waals surface area contributed by atoms with E-state index in [1.165, 1.54) is 7.11 Å². The molecule has 0 aromatic heterocycles. The van der Waals surface area contributed by atoms with Gasteiger partial charge in [-0.15, -0.1) is 0 Å². The van der Waals surface area contributed by atoms with Crippen LogP contribution in [0.4, 0.5) is 4.79 Å². The molecule has 6 heteroatoms. The van der Waals surface area contributed by atoms with Crippen LogP contribution in [0.15, 0.2) is 0 Å². The molecule has 0 fully saturated rings. The minimum absolute atomic E-state index is 0.0180. The molecular formula is C12H24N2O4. The molecular weight excluding hydrogens is 236 g/mol. The van der Waals surface area contributed by atoms with Crippen LogP contribution in [0.5, 0.6) is 0 Å². The van der Waals surface area contributed by atoms with Crippen molar-refractivity contribution in [2.24, 2.45) is 5.92 Å². The molecule has 0 saturated carbocycles. The number of rotatable bonds is 8. The van der Waals surface area contributed by atoms with Crippen molar-refractivity contribution in [2.75, 3.05) is 13.7 Å². The van der Waals surface area contributed by atoms with Crippen LogP contribution in [-0.4, -0.2) is 42.9 Å². The average Bonchev–Trinajstić information content (AvgIpc) is 2.25. The standard InChI is InChI=1S/C12H24N2O4/c1-8(2)5-6-9(3)13-12(17)14-10(7-18-4)11(15)16/h8-10H,5-7H2,1-4H3,(H,15,16)(H2,13,14,17). The first-order valence-electron chi connectivity index (χ1n) is 6.15. The second-order valence-electron chi connectivity index (χ2n) is 4.84. The summed E-state index contributed by atoms with van der Waals surface area (Å²) in [5.41, 5.74) is 0. The maximum atomic E-state index is 11.5. The zero-order valence-electron chi connectivity index (χ0n) is 11.5. The Morgan fingerprint density at radius 2 is 1.78 bits per heavy atom. The highest BCUT2D eigenvalue weighted by atomic mass is 16.5. The Morgan fingerprint density at radius 3 is 2.22 bits per heavy atom. The fourth-order valence-corrected chi connectivity index (χ4v) is 1.42. The van der Waals surface area contributed by atoms with E-state index in [1.807, 2.05) is 6.92 Å². The third-order valence-corrected chi connectivity index (χ3v) is 2.49. The molecule has 0 radical (unpaired) electrons. The predicted molar refractivity (Wildman–Crippen MR) is 68.5 cm³/mol. The molecule has 0 aromatic rings. The Hall–Kier alpha value is -1.30. The van der Waals surface area contributed by atoms with Crippen molar-refractivity contribution < 1.29 is 19.4 Å². The number of methoxy groups -OCH3 is 1. The molecule has 0 spiro atoms. The number of ether oxygens (including phenoxy) is 1. The molecule has 0 aromatic carbocycles. The quantitative estimate of drug-likeness (QED) is 0.612. The van der Waals surface area contributed by atoms with Gasteiger partial charge in [-0.1, -0.05) is 13.8 Å². The number of hydrogen-bond donors (Lipinski definition) is 3. The summed E-state index contributed by atoms with van der Waals surface area (Å²) in [6, 6.07) is -1.48. The van der Waals surface area contributed by atoms with Gasteiger partial charge in [-0.3, -0.25) is 0 Å². The topological polar surface area (TPSA) is 87.7 Å². The summed E-state index contributed by atoms with van der Waals surface area (Å²) in [6.07, 6.45) is 1.88. The number of carbonyl (C=O) groups excluding carboxylic acids is 1. The lowest BCUT2D eigenvalue weighted by Gasteiger charge is -2.18. The number of nitrogens with one attached hydrogen (secondary N) is 2. The van der Waals surface area contributed by atoms with Gasteiger partial charge < -0.3 is 20.5 Å². The normalized spacial score (nSPS) is 14.1. The summed E-state index contributed by atoms with van der Waals surface area (Å²) < 4.78 is 4.73. The van der Waals surface area contributed by atoms with Crippen LogP contribution in [0.2, 0.25) is 0 Å². The Morgan fingerprint density at radius 1 is 1.17 bits per heavy atom. The van der Waals surface area contributed by atoms with Crippen LogP contribution in [0.1, 0.15) is 33.6 Å². The second kappa shape index (κ2) is 8.74. The van der Waals surface area contributed by atoms with E-state index in [1.54, 1.807) is 0 Å². The lowest BCUT2D eigenvalue weighted by Crippen LogP contribution is -2.50. The zero-order chi connectivity index (χ0) is 14.1. The van der Waals surface area contributed by atoms with Gasteiger partial charge in [0.15, 0.2) is 6.04 Å². The molecule has 6 nitrogen and oxygen atoms in total. The SMILES string of the molecule is COCC(NC(=O)NC(C)CCC(C)C)C(=O)O. The van der Waals surface area contributed by atoms with Gasteiger partial charge in [-0.25, -0.2) is 9.59 Å². The van der Waals surface area contributed by atoms with Crippen molar-refractivity contribution in [1.82, 2.24) is 10.6 Å². The maximum absolute atomic E-state index is 11.5. The smallest absolute Gasteiger partial charge is 0.328 e. The van der Waals surface area contributed by atoms with Crippen LogP contribution in [-0.2, 0) is 9.53 Å². The highest BCUT2D eigenvalue weighted by Gasteiger charge is 2.20. The van der Waals surface area contributed by atoms with E-state index in [-0.39, 0.29) is 12.6 Å². The van der Waals surface area contributed by atoms with Gasteiger partial charge in [0.25, 0.3) is 0 Å². The van der Waals surface area contributed by atoms with Gasteiger partial charge >= 0.3 is 12.0 Å². The molecule has 0 aliphatic rings. The van der Waals surface area contributed by atoms with Crippen LogP contribution < -0.4 is 10.6 Å². The molecule has 0 aliphatic heterocycles. The Bertz CT molecular complexity index is 269. The Balaban J connectivity index is 4.03. The van der Waals surface area contributed by atoms with E-state index in [4.69, 9.17) is 9.84 Å². The number of urea groups is 1. The molecule has 0 heterocycles. The molecule has 0 aliphatic carbocycles. The number of carbonyl (C=O) groups is 2. The third kappa shape index (κ3) is 7.89. The molecule has 3 N–H and O–H groups in total. The minimum atomic E-state index is -1.11. The summed E-state index contributed by atoms with van der Waals surface area (Å²) in [7, 11) is 1.39. The van der Waals surface area contributed by atoms with E-state index >= 15 is 0 Å². The van der Waals surface area contributed by atoms with Crippen LogP contribution in [0, 0.1) is 5.92 Å². The van der Waals surface area contributed by atoms with Crippen molar-refractivity contribution in [3.05, 3.63) is 0 Å². The zero-order valence-corrected chi connectivity index (χ0v) is 11.5. The molecule has 0 saturated heterocycles. The maximum Gasteiger partial charge on any atom is 0.328 e. The van der Waals surface area contributed by atoms with Gasteiger partial charge in [0.1, 0.15) is 0 Å². The average molecular weight is 260 g/mol. The van der Waals surface area contributed by atoms with Crippen molar-refractivity contribution in [1.29, 1.82) is 0 Å². The molecule has 2 amide bonds. The summed E-state index contributed by atoms with van der Waals surface area (Å²) >= 11 is 0. The van der Waals surface area contributed by atoms with E-state index in [0.29, 0.717) is 5.92 Å². The summed E-state index contributed by atoms with van der Waals surface area (Å²) in [4.78, 5) is 22.3. The van der Waals surface area contributed by atoms with Crippen molar-refractivity contribution >= 4 is 12.0 Å². The monoisotopic (exact) mass is 260 g/mol. The largest absolute Gasteiger partial charge is 0.480 e. The van der Waals surface area contributed by atoms with Crippen molar-refractivity contribution in [3.8, 4) is 0 Å². The molecule has 0 bridgehead atoms. The summed E-state index contributed by atoms with van der Waals surface area (Å²) in [5, 5.41) is 13.9. The van der Waals surface area contributed by atoms with Crippen LogP contribution >= 0.6 is 0 Å². The highest BCUT2D eigenvalue weighted by molar-refractivity contribution is 5.82. The summed E-state index contributed by atoms with van der Waals surface area (Å²) in [6.45, 7) is 6.08.